The van der Waals surface area contributed by atoms with E-state index in [0.29, 0.717) is 30.9 Å². The van der Waals surface area contributed by atoms with E-state index in [0.717, 1.165) is 34.4 Å². The van der Waals surface area contributed by atoms with Gasteiger partial charge in [0.2, 0.25) is 15.9 Å². The Morgan fingerprint density at radius 2 is 1.71 bits per heavy atom. The first-order chi connectivity index (χ1) is 16.8. The highest BCUT2D eigenvalue weighted by Crippen LogP contribution is 2.61. The molecule has 0 atom stereocenters. The average Bonchev–Trinajstić information content (AvgIpc) is 2.79. The lowest BCUT2D eigenvalue weighted by Gasteiger charge is -2.56. The number of sulfonamides is 1. The van der Waals surface area contributed by atoms with Gasteiger partial charge in [0, 0.05) is 18.5 Å². The van der Waals surface area contributed by atoms with E-state index in [9.17, 15) is 13.2 Å². The van der Waals surface area contributed by atoms with Crippen LogP contribution >= 0.6 is 0 Å². The number of nitrogens with zero attached hydrogens (tertiary/aromatic N) is 3. The predicted octanol–water partition coefficient (Wildman–Crippen LogP) is 4.22. The molecule has 4 saturated carbocycles. The van der Waals surface area contributed by atoms with Crippen molar-refractivity contribution in [3.63, 3.8) is 0 Å². The average molecular weight is 495 g/mol. The summed E-state index contributed by atoms with van der Waals surface area (Å²) < 4.78 is 27.7. The van der Waals surface area contributed by atoms with Crippen LogP contribution in [0.1, 0.15) is 67.3 Å². The Morgan fingerprint density at radius 3 is 2.37 bits per heavy atom. The van der Waals surface area contributed by atoms with Crippen molar-refractivity contribution >= 4 is 21.7 Å². The number of fused-ring (bicyclic) bond motifs is 1. The van der Waals surface area contributed by atoms with Crippen LogP contribution in [0.5, 0.6) is 0 Å². The minimum Gasteiger partial charge on any atom is -0.310 e. The number of benzene rings is 1. The van der Waals surface area contributed by atoms with Crippen molar-refractivity contribution in [1.29, 1.82) is 0 Å². The molecular weight excluding hydrogens is 460 g/mol. The van der Waals surface area contributed by atoms with Gasteiger partial charge in [-0.25, -0.2) is 18.4 Å². The largest absolute Gasteiger partial charge is 0.310 e. The second kappa shape index (κ2) is 8.66. The zero-order valence-corrected chi connectivity index (χ0v) is 21.2. The number of rotatable bonds is 6. The third kappa shape index (κ3) is 4.62. The van der Waals surface area contributed by atoms with E-state index in [-0.39, 0.29) is 23.6 Å². The van der Waals surface area contributed by atoms with Crippen molar-refractivity contribution in [2.45, 2.75) is 70.6 Å². The molecule has 1 N–H and O–H groups in total. The Bertz CT molecular complexity index is 1210. The van der Waals surface area contributed by atoms with Crippen LogP contribution in [0.25, 0.3) is 0 Å². The summed E-state index contributed by atoms with van der Waals surface area (Å²) in [5.41, 5.74) is 3.61. The monoisotopic (exact) mass is 494 g/mol. The van der Waals surface area contributed by atoms with E-state index >= 15 is 0 Å². The zero-order valence-electron chi connectivity index (χ0n) is 20.4. The van der Waals surface area contributed by atoms with Crippen LogP contribution in [0.3, 0.4) is 0 Å². The Morgan fingerprint density at radius 1 is 1.06 bits per heavy atom. The van der Waals surface area contributed by atoms with Gasteiger partial charge in [0.05, 0.1) is 18.0 Å². The summed E-state index contributed by atoms with van der Waals surface area (Å²) in [5, 5.41) is 3.09. The molecule has 7 rings (SSSR count). The number of hydrogen-bond donors (Lipinski definition) is 1. The van der Waals surface area contributed by atoms with Crippen LogP contribution < -0.4 is 5.32 Å². The van der Waals surface area contributed by atoms with Gasteiger partial charge in [-0.2, -0.15) is 4.31 Å². The lowest BCUT2D eigenvalue weighted by atomic mass is 9.49. The van der Waals surface area contributed by atoms with Crippen molar-refractivity contribution in [3.8, 4) is 0 Å². The maximum atomic E-state index is 13.2. The summed E-state index contributed by atoms with van der Waals surface area (Å²) in [4.78, 5) is 21.9. The summed E-state index contributed by atoms with van der Waals surface area (Å²) in [6.45, 7) is 2.56. The summed E-state index contributed by atoms with van der Waals surface area (Å²) in [5.74, 6) is 3.02. The van der Waals surface area contributed by atoms with Gasteiger partial charge in [-0.05, 0) is 80.6 Å². The van der Waals surface area contributed by atoms with Crippen molar-refractivity contribution in [1.82, 2.24) is 14.3 Å². The number of hydrogen-bond acceptors (Lipinski definition) is 5. The Hall–Kier alpha value is -2.32. The van der Waals surface area contributed by atoms with Crippen molar-refractivity contribution in [2.75, 3.05) is 11.9 Å². The van der Waals surface area contributed by atoms with E-state index < -0.39 is 10.0 Å². The van der Waals surface area contributed by atoms with Crippen LogP contribution in [0.4, 0.5) is 5.82 Å². The quantitative estimate of drug-likeness (QED) is 0.649. The normalized spacial score (nSPS) is 29.7. The topological polar surface area (TPSA) is 92.3 Å². The first-order valence-corrected chi connectivity index (χ1v) is 14.5. The first-order valence-electron chi connectivity index (χ1n) is 12.9. The Balaban J connectivity index is 1.13. The van der Waals surface area contributed by atoms with E-state index in [4.69, 9.17) is 0 Å². The number of carbonyl (C=O) groups excluding carboxylic acids is 1. The van der Waals surface area contributed by atoms with Gasteiger partial charge < -0.3 is 5.32 Å². The minimum atomic E-state index is -3.47. The van der Waals surface area contributed by atoms with E-state index in [1.54, 1.807) is 0 Å². The number of amides is 1. The van der Waals surface area contributed by atoms with Crippen LogP contribution in [0.15, 0.2) is 30.6 Å². The Labute approximate surface area is 207 Å². The number of aryl methyl sites for hydroxylation is 1. The highest BCUT2D eigenvalue weighted by molar-refractivity contribution is 7.88. The number of nitrogens with one attached hydrogen (secondary N) is 1. The van der Waals surface area contributed by atoms with Gasteiger partial charge in [-0.15, -0.1) is 0 Å². The molecule has 1 aromatic carbocycles. The van der Waals surface area contributed by atoms with Gasteiger partial charge in [0.15, 0.2) is 0 Å². The molecule has 2 heterocycles. The molecule has 8 heteroatoms. The molecule has 5 aliphatic rings. The number of carbonyl (C=O) groups is 1. The molecular formula is C27H34N4O3S. The molecule has 4 fully saturated rings. The predicted molar refractivity (Wildman–Crippen MR) is 134 cm³/mol. The highest BCUT2D eigenvalue weighted by Gasteiger charge is 2.51. The third-order valence-corrected chi connectivity index (χ3v) is 10.6. The molecule has 7 nitrogen and oxygen atoms in total. The molecule has 0 unspecified atom stereocenters. The van der Waals surface area contributed by atoms with Crippen LogP contribution in [0.2, 0.25) is 0 Å². The maximum absolute atomic E-state index is 13.2. The SMILES string of the molecule is Cc1ccc(CS(=O)(=O)N2CCc3c(ncnc3NC(=O)CC34CC5CC(CC(C5)C3)C4)C2)cc1. The second-order valence-electron chi connectivity index (χ2n) is 11.6. The minimum absolute atomic E-state index is 0.0254. The maximum Gasteiger partial charge on any atom is 0.226 e. The molecule has 4 bridgehead atoms. The highest BCUT2D eigenvalue weighted by atomic mass is 32.2. The molecule has 4 aliphatic carbocycles. The van der Waals surface area contributed by atoms with Gasteiger partial charge >= 0.3 is 0 Å². The van der Waals surface area contributed by atoms with Crippen LogP contribution in [-0.2, 0) is 33.5 Å². The molecule has 0 radical (unpaired) electrons. The molecule has 1 aromatic heterocycles. The van der Waals surface area contributed by atoms with Crippen molar-refractivity contribution in [3.05, 3.63) is 53.0 Å². The fourth-order valence-electron chi connectivity index (χ4n) is 7.69. The second-order valence-corrected chi connectivity index (χ2v) is 13.6. The van der Waals surface area contributed by atoms with Crippen LogP contribution in [0, 0.1) is 30.1 Å². The summed E-state index contributed by atoms with van der Waals surface area (Å²) >= 11 is 0. The summed E-state index contributed by atoms with van der Waals surface area (Å²) in [7, 11) is -3.47. The Kier molecular flexibility index (Phi) is 5.72. The van der Waals surface area contributed by atoms with Crippen LogP contribution in [-0.4, -0.2) is 35.1 Å². The van der Waals surface area contributed by atoms with Crippen molar-refractivity contribution < 1.29 is 13.2 Å². The molecule has 1 amide bonds. The van der Waals surface area contributed by atoms with Gasteiger partial charge in [-0.1, -0.05) is 29.8 Å². The molecule has 186 valence electrons. The number of aromatic nitrogens is 2. The molecule has 1 aliphatic heterocycles. The van der Waals surface area contributed by atoms with Crippen molar-refractivity contribution in [2.24, 2.45) is 23.2 Å². The van der Waals surface area contributed by atoms with Gasteiger partial charge in [0.25, 0.3) is 0 Å². The molecule has 0 saturated heterocycles. The summed E-state index contributed by atoms with van der Waals surface area (Å²) in [6.07, 6.45) is 10.2. The smallest absolute Gasteiger partial charge is 0.226 e. The third-order valence-electron chi connectivity index (χ3n) is 8.79. The fourth-order valence-corrected chi connectivity index (χ4v) is 9.17. The first kappa shape index (κ1) is 23.1. The zero-order chi connectivity index (χ0) is 24.2. The van der Waals surface area contributed by atoms with E-state index in [1.807, 2.05) is 31.2 Å². The molecule has 35 heavy (non-hydrogen) atoms. The summed E-state index contributed by atoms with van der Waals surface area (Å²) in [6, 6.07) is 7.60. The number of anilines is 1. The lowest BCUT2D eigenvalue weighted by molar-refractivity contribution is -0.124. The lowest BCUT2D eigenvalue weighted by Crippen LogP contribution is -2.47. The standard InChI is InChI=1S/C27H34N4O3S/c1-18-2-4-19(5-3-18)16-35(33,34)31-7-6-23-24(15-31)28-17-29-26(23)30-25(32)14-27-11-20-8-21(12-27)10-22(9-20)13-27/h2-5,17,20-22H,6-16H2,1H3,(H,28,29,30,32). The van der Waals surface area contributed by atoms with E-state index in [1.165, 1.54) is 49.2 Å². The van der Waals surface area contributed by atoms with Gasteiger partial charge in [-0.3, -0.25) is 4.79 Å². The van der Waals surface area contributed by atoms with Gasteiger partial charge in [0.1, 0.15) is 12.1 Å². The molecule has 0 spiro atoms. The molecule has 2 aromatic rings. The fraction of sp³-hybridized carbons (Fsp3) is 0.593. The van der Waals surface area contributed by atoms with E-state index in [2.05, 4.69) is 15.3 Å².